The molecule has 0 aromatic heterocycles. The molecule has 5 nitrogen and oxygen atoms in total. The first kappa shape index (κ1) is 18.1. The van der Waals surface area contributed by atoms with Gasteiger partial charge in [-0.15, -0.1) is 0 Å². The molecule has 0 aliphatic rings. The molecule has 0 fully saturated rings. The molecule has 0 aliphatic heterocycles. The fourth-order valence-electron chi connectivity index (χ4n) is 2.37. The summed E-state index contributed by atoms with van der Waals surface area (Å²) >= 11 is 0. The van der Waals surface area contributed by atoms with E-state index in [1.807, 2.05) is 50.8 Å². The third-order valence-corrected chi connectivity index (χ3v) is 3.51. The van der Waals surface area contributed by atoms with Crippen molar-refractivity contribution in [2.24, 2.45) is 0 Å². The molecule has 0 saturated carbocycles. The maximum Gasteiger partial charge on any atom is 0.317 e. The van der Waals surface area contributed by atoms with Crippen molar-refractivity contribution >= 4 is 6.03 Å². The van der Waals surface area contributed by atoms with Gasteiger partial charge in [0.1, 0.15) is 0 Å². The number of urea groups is 1. The van der Waals surface area contributed by atoms with E-state index >= 15 is 0 Å². The molecule has 5 heteroatoms. The lowest BCUT2D eigenvalue weighted by atomic mass is 10.1. The van der Waals surface area contributed by atoms with Crippen molar-refractivity contribution in [1.29, 1.82) is 0 Å². The summed E-state index contributed by atoms with van der Waals surface area (Å²) in [7, 11) is 3.23. The zero-order valence-corrected chi connectivity index (χ0v) is 14.5. The van der Waals surface area contributed by atoms with E-state index in [1.54, 1.807) is 14.2 Å². The first-order valence-corrected chi connectivity index (χ1v) is 7.59. The van der Waals surface area contributed by atoms with E-state index < -0.39 is 0 Å². The second-order valence-corrected chi connectivity index (χ2v) is 6.09. The van der Waals surface area contributed by atoms with Crippen LogP contribution in [0.15, 0.2) is 18.2 Å². The van der Waals surface area contributed by atoms with E-state index in [0.717, 1.165) is 12.0 Å². The molecule has 0 saturated heterocycles. The molecule has 1 rings (SSSR count). The molecule has 0 heterocycles. The van der Waals surface area contributed by atoms with Crippen LogP contribution in [0.25, 0.3) is 0 Å². The number of ether oxygens (including phenoxy) is 2. The van der Waals surface area contributed by atoms with Crippen LogP contribution in [0.2, 0.25) is 0 Å². The van der Waals surface area contributed by atoms with Gasteiger partial charge in [0.25, 0.3) is 0 Å². The van der Waals surface area contributed by atoms with E-state index in [0.29, 0.717) is 24.6 Å². The van der Waals surface area contributed by atoms with E-state index in [4.69, 9.17) is 9.47 Å². The molecule has 1 aromatic rings. The molecular formula is C17H28N2O3. The summed E-state index contributed by atoms with van der Waals surface area (Å²) in [6.45, 7) is 9.35. The summed E-state index contributed by atoms with van der Waals surface area (Å²) in [6, 6.07) is 5.76. The number of hydrogen-bond acceptors (Lipinski definition) is 3. The highest BCUT2D eigenvalue weighted by atomic mass is 16.5. The van der Waals surface area contributed by atoms with Crippen molar-refractivity contribution in [3.63, 3.8) is 0 Å². The smallest absolute Gasteiger partial charge is 0.317 e. The summed E-state index contributed by atoms with van der Waals surface area (Å²) in [5.41, 5.74) is 0.916. The van der Waals surface area contributed by atoms with Crippen LogP contribution in [-0.4, -0.2) is 43.8 Å². The summed E-state index contributed by atoms with van der Waals surface area (Å²) in [5, 5.41) is 2.97. The summed E-state index contributed by atoms with van der Waals surface area (Å²) in [4.78, 5) is 14.0. The second-order valence-electron chi connectivity index (χ2n) is 6.09. The number of amides is 2. The van der Waals surface area contributed by atoms with Crippen molar-refractivity contribution in [2.75, 3.05) is 27.3 Å². The van der Waals surface area contributed by atoms with Crippen molar-refractivity contribution in [1.82, 2.24) is 10.2 Å². The predicted molar refractivity (Wildman–Crippen MR) is 88.8 cm³/mol. The van der Waals surface area contributed by atoms with Crippen LogP contribution in [0.3, 0.4) is 0 Å². The third-order valence-electron chi connectivity index (χ3n) is 3.51. The largest absolute Gasteiger partial charge is 0.493 e. The molecule has 0 atom stereocenters. The molecule has 2 amide bonds. The zero-order chi connectivity index (χ0) is 16.8. The number of carbonyl (C=O) groups is 1. The van der Waals surface area contributed by atoms with Crippen LogP contribution in [-0.2, 0) is 6.42 Å². The number of methoxy groups -OCH3 is 2. The quantitative estimate of drug-likeness (QED) is 0.878. The van der Waals surface area contributed by atoms with Crippen LogP contribution in [0.5, 0.6) is 11.5 Å². The molecule has 0 spiro atoms. The minimum atomic E-state index is -0.178. The molecule has 0 unspecified atom stereocenters. The molecular weight excluding hydrogens is 280 g/mol. The van der Waals surface area contributed by atoms with Gasteiger partial charge in [0.05, 0.1) is 14.2 Å². The summed E-state index contributed by atoms with van der Waals surface area (Å²) < 4.78 is 10.5. The van der Waals surface area contributed by atoms with Gasteiger partial charge in [-0.05, 0) is 51.8 Å². The molecule has 0 aliphatic carbocycles. The Morgan fingerprint density at radius 3 is 2.32 bits per heavy atom. The molecule has 124 valence electrons. The lowest BCUT2D eigenvalue weighted by Gasteiger charge is -2.34. The number of rotatable bonds is 6. The fourth-order valence-corrected chi connectivity index (χ4v) is 2.37. The first-order chi connectivity index (χ1) is 10.3. The van der Waals surface area contributed by atoms with Gasteiger partial charge in [0.15, 0.2) is 11.5 Å². The van der Waals surface area contributed by atoms with Gasteiger partial charge in [0.2, 0.25) is 0 Å². The Labute approximate surface area is 133 Å². The summed E-state index contributed by atoms with van der Waals surface area (Å²) in [6.07, 6.45) is 0.744. The first-order valence-electron chi connectivity index (χ1n) is 7.59. The fraction of sp³-hybridized carbons (Fsp3) is 0.588. The van der Waals surface area contributed by atoms with E-state index in [2.05, 4.69) is 5.32 Å². The van der Waals surface area contributed by atoms with Crippen LogP contribution in [0.4, 0.5) is 4.79 Å². The second kappa shape index (κ2) is 7.92. The molecule has 1 N–H and O–H groups in total. The molecule has 22 heavy (non-hydrogen) atoms. The van der Waals surface area contributed by atoms with Crippen molar-refractivity contribution in [3.05, 3.63) is 23.8 Å². The number of benzene rings is 1. The Hall–Kier alpha value is -1.91. The molecule has 0 radical (unpaired) electrons. The van der Waals surface area contributed by atoms with E-state index in [1.165, 1.54) is 0 Å². The lowest BCUT2D eigenvalue weighted by Crippen LogP contribution is -2.50. The Bertz CT molecular complexity index is 495. The highest BCUT2D eigenvalue weighted by Gasteiger charge is 2.24. The minimum Gasteiger partial charge on any atom is -0.493 e. The van der Waals surface area contributed by atoms with Gasteiger partial charge >= 0.3 is 6.03 Å². The molecule has 0 bridgehead atoms. The lowest BCUT2D eigenvalue weighted by molar-refractivity contribution is 0.150. The SMILES string of the molecule is CCN(C(=O)NCCc1ccc(OC)c(OC)c1)C(C)(C)C. The van der Waals surface area contributed by atoms with Gasteiger partial charge in [-0.1, -0.05) is 6.07 Å². The van der Waals surface area contributed by atoms with Crippen LogP contribution < -0.4 is 14.8 Å². The van der Waals surface area contributed by atoms with Gasteiger partial charge in [-0.2, -0.15) is 0 Å². The monoisotopic (exact) mass is 308 g/mol. The van der Waals surface area contributed by atoms with Crippen molar-refractivity contribution in [2.45, 2.75) is 39.7 Å². The van der Waals surface area contributed by atoms with Crippen molar-refractivity contribution < 1.29 is 14.3 Å². The number of nitrogens with one attached hydrogen (secondary N) is 1. The topological polar surface area (TPSA) is 50.8 Å². The third kappa shape index (κ3) is 4.83. The average molecular weight is 308 g/mol. The number of carbonyl (C=O) groups excluding carboxylic acids is 1. The number of nitrogens with zero attached hydrogens (tertiary/aromatic N) is 1. The number of hydrogen-bond donors (Lipinski definition) is 1. The maximum atomic E-state index is 12.2. The minimum absolute atomic E-state index is 0.0320. The Morgan fingerprint density at radius 1 is 1.18 bits per heavy atom. The predicted octanol–water partition coefficient (Wildman–Crippen LogP) is 3.08. The average Bonchev–Trinajstić information content (AvgIpc) is 2.46. The van der Waals surface area contributed by atoms with Crippen LogP contribution in [0, 0.1) is 0 Å². The Kier molecular flexibility index (Phi) is 6.53. The Balaban J connectivity index is 2.59. The van der Waals surface area contributed by atoms with E-state index in [-0.39, 0.29) is 11.6 Å². The Morgan fingerprint density at radius 2 is 1.82 bits per heavy atom. The normalized spacial score (nSPS) is 11.0. The van der Waals surface area contributed by atoms with Crippen LogP contribution >= 0.6 is 0 Å². The van der Waals surface area contributed by atoms with Gasteiger partial charge < -0.3 is 19.7 Å². The van der Waals surface area contributed by atoms with Gasteiger partial charge in [-0.3, -0.25) is 0 Å². The molecule has 1 aromatic carbocycles. The highest BCUT2D eigenvalue weighted by Crippen LogP contribution is 2.27. The standard InChI is InChI=1S/C17H28N2O3/c1-7-19(17(2,3)4)16(20)18-11-10-13-8-9-14(21-5)15(12-13)22-6/h8-9,12H,7,10-11H2,1-6H3,(H,18,20). The van der Waals surface area contributed by atoms with Gasteiger partial charge in [0, 0.05) is 18.6 Å². The maximum absolute atomic E-state index is 12.2. The van der Waals surface area contributed by atoms with Crippen molar-refractivity contribution in [3.8, 4) is 11.5 Å². The van der Waals surface area contributed by atoms with Gasteiger partial charge in [-0.25, -0.2) is 4.79 Å². The zero-order valence-electron chi connectivity index (χ0n) is 14.5. The highest BCUT2D eigenvalue weighted by molar-refractivity contribution is 5.74. The van der Waals surface area contributed by atoms with E-state index in [9.17, 15) is 4.79 Å². The summed E-state index contributed by atoms with van der Waals surface area (Å²) in [5.74, 6) is 1.41. The van der Waals surface area contributed by atoms with Crippen LogP contribution in [0.1, 0.15) is 33.3 Å².